The number of aromatic hydroxyl groups is 2. The Morgan fingerprint density at radius 1 is 1.23 bits per heavy atom. The van der Waals surface area contributed by atoms with Crippen LogP contribution < -0.4 is 0 Å². The average molecular weight is 358 g/mol. The van der Waals surface area contributed by atoms with Gasteiger partial charge >= 0.3 is 0 Å². The standard InChI is InChI=1S/C20H22O6/c1-10(2)3-4-11-5-12(6-16(24)20(11)25)17-9-15(23)19-14(22)7-13(21)8-18(19)26-17/h3,5-8,17-19,21-22,24-25H,4,9H2,1-2H3/t17-,18-,19-/m0/s1. The molecule has 1 aliphatic carbocycles. The number of rotatable bonds is 3. The van der Waals surface area contributed by atoms with Gasteiger partial charge in [0, 0.05) is 18.1 Å². The number of phenols is 2. The van der Waals surface area contributed by atoms with Gasteiger partial charge in [0.25, 0.3) is 0 Å². The van der Waals surface area contributed by atoms with Crippen LogP contribution in [0.1, 0.15) is 37.5 Å². The lowest BCUT2D eigenvalue weighted by molar-refractivity contribution is -0.141. The van der Waals surface area contributed by atoms with Gasteiger partial charge in [-0.2, -0.15) is 0 Å². The van der Waals surface area contributed by atoms with E-state index >= 15 is 0 Å². The van der Waals surface area contributed by atoms with E-state index < -0.39 is 18.1 Å². The largest absolute Gasteiger partial charge is 0.511 e. The fourth-order valence-corrected chi connectivity index (χ4v) is 3.29. The highest BCUT2D eigenvalue weighted by molar-refractivity contribution is 5.86. The summed E-state index contributed by atoms with van der Waals surface area (Å²) in [4.78, 5) is 12.5. The zero-order valence-electron chi connectivity index (χ0n) is 14.6. The molecule has 2 aliphatic rings. The van der Waals surface area contributed by atoms with Crippen LogP contribution in [0, 0.1) is 5.92 Å². The van der Waals surface area contributed by atoms with Crippen LogP contribution in [0.4, 0.5) is 0 Å². The molecule has 3 rings (SSSR count). The highest BCUT2D eigenvalue weighted by Crippen LogP contribution is 2.41. The number of Topliss-reactive ketones (excluding diaryl/α,β-unsaturated/α-hetero) is 1. The number of aliphatic hydroxyl groups excluding tert-OH is 2. The first-order chi connectivity index (χ1) is 12.3. The lowest BCUT2D eigenvalue weighted by Gasteiger charge is -2.35. The number of ether oxygens (including phenoxy) is 1. The second kappa shape index (κ2) is 6.88. The van der Waals surface area contributed by atoms with Crippen molar-refractivity contribution in [3.63, 3.8) is 0 Å². The summed E-state index contributed by atoms with van der Waals surface area (Å²) in [5.41, 5.74) is 2.17. The fourth-order valence-electron chi connectivity index (χ4n) is 3.29. The van der Waals surface area contributed by atoms with Crippen molar-refractivity contribution in [2.75, 3.05) is 0 Å². The maximum Gasteiger partial charge on any atom is 0.161 e. The van der Waals surface area contributed by atoms with Gasteiger partial charge in [-0.25, -0.2) is 0 Å². The number of allylic oxidation sites excluding steroid dienone is 3. The minimum atomic E-state index is -0.821. The van der Waals surface area contributed by atoms with Gasteiger partial charge in [-0.1, -0.05) is 11.6 Å². The summed E-state index contributed by atoms with van der Waals surface area (Å²) >= 11 is 0. The van der Waals surface area contributed by atoms with Crippen molar-refractivity contribution in [1.82, 2.24) is 0 Å². The van der Waals surface area contributed by atoms with E-state index in [1.54, 1.807) is 6.07 Å². The summed E-state index contributed by atoms with van der Waals surface area (Å²) in [6.45, 7) is 3.87. The van der Waals surface area contributed by atoms with Crippen LogP contribution in [-0.2, 0) is 16.0 Å². The van der Waals surface area contributed by atoms with E-state index in [1.165, 1.54) is 12.1 Å². The number of aliphatic hydroxyl groups is 2. The van der Waals surface area contributed by atoms with Gasteiger partial charge in [0.15, 0.2) is 11.5 Å². The summed E-state index contributed by atoms with van der Waals surface area (Å²) in [5, 5.41) is 39.7. The van der Waals surface area contributed by atoms with Crippen molar-refractivity contribution in [3.05, 3.63) is 58.6 Å². The molecule has 138 valence electrons. The summed E-state index contributed by atoms with van der Waals surface area (Å²) in [6.07, 6.45) is 3.50. The SMILES string of the molecule is CC(C)=CCc1cc([C@@H]2CC(=O)[C@@H]3C(O)=CC(O)=C[C@@H]3O2)cc(O)c1O. The van der Waals surface area contributed by atoms with Crippen LogP contribution in [0.5, 0.6) is 11.5 Å². The zero-order chi connectivity index (χ0) is 19.0. The molecule has 3 atom stereocenters. The van der Waals surface area contributed by atoms with E-state index in [9.17, 15) is 25.2 Å². The van der Waals surface area contributed by atoms with Crippen molar-refractivity contribution >= 4 is 5.78 Å². The van der Waals surface area contributed by atoms with Crippen LogP contribution >= 0.6 is 0 Å². The van der Waals surface area contributed by atoms with E-state index in [0.29, 0.717) is 17.5 Å². The van der Waals surface area contributed by atoms with Crippen LogP contribution in [0.25, 0.3) is 0 Å². The third-order valence-corrected chi connectivity index (χ3v) is 4.63. The van der Waals surface area contributed by atoms with Crippen molar-refractivity contribution in [3.8, 4) is 11.5 Å². The van der Waals surface area contributed by atoms with Gasteiger partial charge in [-0.05, 0) is 44.0 Å². The Labute approximate surface area is 151 Å². The first kappa shape index (κ1) is 18.1. The Kier molecular flexibility index (Phi) is 4.78. The van der Waals surface area contributed by atoms with Crippen LogP contribution in [0.15, 0.2) is 47.5 Å². The summed E-state index contributed by atoms with van der Waals surface area (Å²) in [6, 6.07) is 3.08. The molecule has 0 bridgehead atoms. The van der Waals surface area contributed by atoms with Gasteiger partial charge in [0.1, 0.15) is 23.2 Å². The van der Waals surface area contributed by atoms with Gasteiger partial charge in [-0.3, -0.25) is 4.79 Å². The van der Waals surface area contributed by atoms with Crippen molar-refractivity contribution in [1.29, 1.82) is 0 Å². The maximum atomic E-state index is 12.5. The molecule has 1 heterocycles. The van der Waals surface area contributed by atoms with Crippen molar-refractivity contribution in [2.24, 2.45) is 5.92 Å². The Hall–Kier alpha value is -2.73. The molecule has 6 heteroatoms. The fraction of sp³-hybridized carbons (Fsp3) is 0.350. The number of carbonyl (C=O) groups excluding carboxylic acids is 1. The molecule has 0 saturated carbocycles. The summed E-state index contributed by atoms with van der Waals surface area (Å²) in [5.74, 6) is -1.86. The molecule has 1 aromatic carbocycles. The van der Waals surface area contributed by atoms with E-state index in [4.69, 9.17) is 4.74 Å². The third kappa shape index (κ3) is 3.46. The number of fused-ring (bicyclic) bond motifs is 1. The van der Waals surface area contributed by atoms with Gasteiger partial charge < -0.3 is 25.2 Å². The second-order valence-corrected chi connectivity index (χ2v) is 6.93. The molecule has 0 aromatic heterocycles. The molecular formula is C20H22O6. The van der Waals surface area contributed by atoms with Gasteiger partial charge in [-0.15, -0.1) is 0 Å². The predicted molar refractivity (Wildman–Crippen MR) is 95.1 cm³/mol. The number of hydrogen-bond acceptors (Lipinski definition) is 6. The average Bonchev–Trinajstić information content (AvgIpc) is 2.54. The highest BCUT2D eigenvalue weighted by Gasteiger charge is 2.41. The lowest BCUT2D eigenvalue weighted by atomic mass is 9.83. The molecular weight excluding hydrogens is 336 g/mol. The summed E-state index contributed by atoms with van der Waals surface area (Å²) in [7, 11) is 0. The minimum absolute atomic E-state index is 0.0277. The maximum absolute atomic E-state index is 12.5. The monoisotopic (exact) mass is 358 g/mol. The number of ketones is 1. The molecule has 1 aromatic rings. The molecule has 26 heavy (non-hydrogen) atoms. The number of carbonyl (C=O) groups is 1. The Morgan fingerprint density at radius 2 is 1.96 bits per heavy atom. The van der Waals surface area contributed by atoms with E-state index in [-0.39, 0.29) is 35.2 Å². The Bertz CT molecular complexity index is 829. The third-order valence-electron chi connectivity index (χ3n) is 4.63. The molecule has 0 unspecified atom stereocenters. The Morgan fingerprint density at radius 3 is 2.65 bits per heavy atom. The number of hydrogen-bond donors (Lipinski definition) is 4. The normalized spacial score (nSPS) is 25.2. The molecule has 6 nitrogen and oxygen atoms in total. The number of phenolic OH excluding ortho intramolecular Hbond substituents is 2. The zero-order valence-corrected chi connectivity index (χ0v) is 14.6. The van der Waals surface area contributed by atoms with Gasteiger partial charge in [0.05, 0.1) is 12.2 Å². The molecule has 0 radical (unpaired) electrons. The molecule has 0 amide bonds. The van der Waals surface area contributed by atoms with Crippen LogP contribution in [-0.4, -0.2) is 32.3 Å². The molecule has 0 spiro atoms. The topological polar surface area (TPSA) is 107 Å². The van der Waals surface area contributed by atoms with Crippen LogP contribution in [0.2, 0.25) is 0 Å². The first-order valence-corrected chi connectivity index (χ1v) is 8.44. The predicted octanol–water partition coefficient (Wildman–Crippen LogP) is 3.52. The molecule has 1 saturated heterocycles. The van der Waals surface area contributed by atoms with Gasteiger partial charge in [0.2, 0.25) is 0 Å². The van der Waals surface area contributed by atoms with E-state index in [2.05, 4.69) is 0 Å². The quantitative estimate of drug-likeness (QED) is 0.486. The minimum Gasteiger partial charge on any atom is -0.511 e. The highest BCUT2D eigenvalue weighted by atomic mass is 16.5. The smallest absolute Gasteiger partial charge is 0.161 e. The summed E-state index contributed by atoms with van der Waals surface area (Å²) < 4.78 is 5.90. The van der Waals surface area contributed by atoms with E-state index in [1.807, 2.05) is 19.9 Å². The molecule has 1 fully saturated rings. The Balaban J connectivity index is 1.91. The number of benzene rings is 1. The van der Waals surface area contributed by atoms with Crippen LogP contribution in [0.3, 0.4) is 0 Å². The van der Waals surface area contributed by atoms with Crippen molar-refractivity contribution in [2.45, 2.75) is 38.9 Å². The van der Waals surface area contributed by atoms with E-state index in [0.717, 1.165) is 11.6 Å². The molecule has 4 N–H and O–H groups in total. The molecule has 1 aliphatic heterocycles. The first-order valence-electron chi connectivity index (χ1n) is 8.44. The van der Waals surface area contributed by atoms with Crippen molar-refractivity contribution < 1.29 is 30.0 Å². The second-order valence-electron chi connectivity index (χ2n) is 6.93. The lowest BCUT2D eigenvalue weighted by Crippen LogP contribution is -2.40.